The molecule has 0 saturated heterocycles. The Bertz CT molecular complexity index is 691. The quantitative estimate of drug-likeness (QED) is 0.391. The first kappa shape index (κ1) is 18.5. The molecule has 0 aliphatic heterocycles. The second kappa shape index (κ2) is 8.32. The lowest BCUT2D eigenvalue weighted by Crippen LogP contribution is -2.38. The van der Waals surface area contributed by atoms with Crippen LogP contribution in [0.4, 0.5) is 0 Å². The van der Waals surface area contributed by atoms with Gasteiger partial charge in [-0.05, 0) is 47.3 Å². The van der Waals surface area contributed by atoms with Crippen LogP contribution in [0.5, 0.6) is 0 Å². The Balaban J connectivity index is 0.00000192. The molecule has 1 aliphatic carbocycles. The highest BCUT2D eigenvalue weighted by molar-refractivity contribution is 14.0. The number of hydrogen-bond acceptors (Lipinski definition) is 2. The van der Waals surface area contributed by atoms with Crippen LogP contribution < -0.4 is 11.1 Å². The Labute approximate surface area is 162 Å². The molecule has 0 bridgehead atoms. The van der Waals surface area contributed by atoms with E-state index in [2.05, 4.69) is 54.8 Å². The van der Waals surface area contributed by atoms with E-state index in [0.717, 1.165) is 27.8 Å². The molecule has 0 radical (unpaired) electrons. The van der Waals surface area contributed by atoms with E-state index in [4.69, 9.17) is 5.73 Å². The van der Waals surface area contributed by atoms with Crippen LogP contribution >= 0.6 is 39.9 Å². The van der Waals surface area contributed by atoms with E-state index in [1.165, 1.54) is 25.7 Å². The molecule has 1 saturated carbocycles. The summed E-state index contributed by atoms with van der Waals surface area (Å²) in [6.07, 6.45) is 9.88. The Morgan fingerprint density at radius 2 is 2.17 bits per heavy atom. The van der Waals surface area contributed by atoms with Gasteiger partial charge in [-0.15, -0.1) is 24.0 Å². The van der Waals surface area contributed by atoms with Crippen molar-refractivity contribution >= 4 is 51.5 Å². The van der Waals surface area contributed by atoms with E-state index >= 15 is 0 Å². The molecule has 0 spiro atoms. The molecule has 2 aromatic heterocycles. The maximum absolute atomic E-state index is 5.94. The zero-order valence-corrected chi connectivity index (χ0v) is 17.2. The molecular weight excluding hydrogens is 469 g/mol. The van der Waals surface area contributed by atoms with E-state index in [1.54, 1.807) is 0 Å². The van der Waals surface area contributed by atoms with Crippen LogP contribution in [0, 0.1) is 6.92 Å². The van der Waals surface area contributed by atoms with Crippen molar-refractivity contribution in [1.82, 2.24) is 14.7 Å². The van der Waals surface area contributed by atoms with Gasteiger partial charge in [0.25, 0.3) is 0 Å². The second-order valence-electron chi connectivity index (χ2n) is 5.95. The average Bonchev–Trinajstić information content (AvgIpc) is 3.08. The van der Waals surface area contributed by atoms with Gasteiger partial charge in [-0.25, -0.2) is 4.98 Å². The molecule has 2 heterocycles. The third-order valence-corrected chi connectivity index (χ3v) is 4.54. The van der Waals surface area contributed by atoms with Gasteiger partial charge in [-0.2, -0.15) is 0 Å². The van der Waals surface area contributed by atoms with E-state index in [-0.39, 0.29) is 24.0 Å². The largest absolute Gasteiger partial charge is 0.370 e. The fourth-order valence-corrected chi connectivity index (χ4v) is 3.58. The Morgan fingerprint density at radius 1 is 1.43 bits per heavy atom. The molecular formula is C16H23BrIN5. The van der Waals surface area contributed by atoms with Crippen molar-refractivity contribution in [2.24, 2.45) is 10.7 Å². The van der Waals surface area contributed by atoms with Gasteiger partial charge in [0.2, 0.25) is 0 Å². The number of nitrogens with zero attached hydrogens (tertiary/aromatic N) is 3. The molecule has 5 nitrogen and oxygen atoms in total. The van der Waals surface area contributed by atoms with Crippen molar-refractivity contribution in [3.05, 3.63) is 34.2 Å². The van der Waals surface area contributed by atoms with Crippen molar-refractivity contribution < 1.29 is 0 Å². The molecule has 1 fully saturated rings. The van der Waals surface area contributed by atoms with Crippen LogP contribution in [-0.4, -0.2) is 27.9 Å². The van der Waals surface area contributed by atoms with Crippen molar-refractivity contribution in [3.8, 4) is 0 Å². The highest BCUT2D eigenvalue weighted by atomic mass is 127. The van der Waals surface area contributed by atoms with Gasteiger partial charge in [-0.3, -0.25) is 4.99 Å². The van der Waals surface area contributed by atoms with Gasteiger partial charge < -0.3 is 15.5 Å². The molecule has 3 N–H and O–H groups in total. The van der Waals surface area contributed by atoms with Crippen LogP contribution in [0.25, 0.3) is 5.65 Å². The van der Waals surface area contributed by atoms with E-state index in [1.807, 2.05) is 6.20 Å². The molecule has 7 heteroatoms. The lowest BCUT2D eigenvalue weighted by atomic mass is 10.2. The SMILES string of the molecule is Cc1cc(Br)cn2cc(CCN=C(N)NC3CCCC3)nc12.I. The molecule has 0 aromatic carbocycles. The number of fused-ring (bicyclic) bond motifs is 1. The summed E-state index contributed by atoms with van der Waals surface area (Å²) in [4.78, 5) is 9.08. The number of aryl methyl sites for hydroxylation is 1. The summed E-state index contributed by atoms with van der Waals surface area (Å²) in [6.45, 7) is 2.73. The van der Waals surface area contributed by atoms with Crippen molar-refractivity contribution in [1.29, 1.82) is 0 Å². The minimum absolute atomic E-state index is 0. The molecule has 0 amide bonds. The number of nitrogens with two attached hydrogens (primary N) is 1. The number of pyridine rings is 1. The summed E-state index contributed by atoms with van der Waals surface area (Å²) in [6, 6.07) is 2.59. The third-order valence-electron chi connectivity index (χ3n) is 4.11. The topological polar surface area (TPSA) is 67.7 Å². The smallest absolute Gasteiger partial charge is 0.188 e. The monoisotopic (exact) mass is 491 g/mol. The first-order valence-corrected chi connectivity index (χ1v) is 8.61. The minimum Gasteiger partial charge on any atom is -0.370 e. The zero-order chi connectivity index (χ0) is 15.5. The predicted octanol–water partition coefficient (Wildman–Crippen LogP) is 3.41. The minimum atomic E-state index is 0. The zero-order valence-electron chi connectivity index (χ0n) is 13.3. The molecule has 1 aliphatic rings. The molecule has 2 aromatic rings. The van der Waals surface area contributed by atoms with E-state index in [0.29, 0.717) is 18.5 Å². The van der Waals surface area contributed by atoms with Crippen molar-refractivity contribution in [2.45, 2.75) is 45.1 Å². The summed E-state index contributed by atoms with van der Waals surface area (Å²) in [5.41, 5.74) is 9.14. The standard InChI is InChI=1S/C16H22BrN5.HI/c1-11-8-12(17)9-22-10-14(20-15(11)22)6-7-19-16(18)21-13-4-2-3-5-13;/h8-10,13H,2-7H2,1H3,(H3,18,19,21);1H. The molecule has 0 atom stereocenters. The van der Waals surface area contributed by atoms with E-state index in [9.17, 15) is 0 Å². The van der Waals surface area contributed by atoms with Gasteiger partial charge in [0.1, 0.15) is 5.65 Å². The third kappa shape index (κ3) is 4.82. The summed E-state index contributed by atoms with van der Waals surface area (Å²) in [5.74, 6) is 0.564. The highest BCUT2D eigenvalue weighted by Gasteiger charge is 2.14. The van der Waals surface area contributed by atoms with Crippen LogP contribution in [0.1, 0.15) is 36.9 Å². The van der Waals surface area contributed by atoms with Crippen LogP contribution in [0.2, 0.25) is 0 Å². The second-order valence-corrected chi connectivity index (χ2v) is 6.86. The summed E-state index contributed by atoms with van der Waals surface area (Å²) >= 11 is 3.51. The number of guanidine groups is 1. The lowest BCUT2D eigenvalue weighted by molar-refractivity contribution is 0.625. The first-order chi connectivity index (χ1) is 10.6. The average molecular weight is 492 g/mol. The van der Waals surface area contributed by atoms with E-state index < -0.39 is 0 Å². The summed E-state index contributed by atoms with van der Waals surface area (Å²) in [5, 5.41) is 3.30. The highest BCUT2D eigenvalue weighted by Crippen LogP contribution is 2.18. The van der Waals surface area contributed by atoms with Crippen LogP contribution in [0.3, 0.4) is 0 Å². The fraction of sp³-hybridized carbons (Fsp3) is 0.500. The summed E-state index contributed by atoms with van der Waals surface area (Å²) in [7, 11) is 0. The first-order valence-electron chi connectivity index (χ1n) is 7.82. The molecule has 0 unspecified atom stereocenters. The van der Waals surface area contributed by atoms with Gasteiger partial charge in [0, 0.05) is 35.9 Å². The molecule has 23 heavy (non-hydrogen) atoms. The number of imidazole rings is 1. The predicted molar refractivity (Wildman–Crippen MR) is 109 cm³/mol. The van der Waals surface area contributed by atoms with Crippen LogP contribution in [0.15, 0.2) is 27.9 Å². The normalized spacial score (nSPS) is 15.8. The molecule has 126 valence electrons. The number of aromatic nitrogens is 2. The van der Waals surface area contributed by atoms with Crippen LogP contribution in [-0.2, 0) is 6.42 Å². The van der Waals surface area contributed by atoms with Gasteiger partial charge >= 0.3 is 0 Å². The Kier molecular flexibility index (Phi) is 6.70. The number of rotatable bonds is 4. The Hall–Kier alpha value is -0.830. The number of aliphatic imine (C=N–C) groups is 1. The van der Waals surface area contributed by atoms with Crippen molar-refractivity contribution in [3.63, 3.8) is 0 Å². The maximum atomic E-state index is 5.94. The lowest BCUT2D eigenvalue weighted by Gasteiger charge is -2.11. The maximum Gasteiger partial charge on any atom is 0.188 e. The number of hydrogen-bond donors (Lipinski definition) is 2. The Morgan fingerprint density at radius 3 is 2.91 bits per heavy atom. The molecule has 3 rings (SSSR count). The van der Waals surface area contributed by atoms with Gasteiger partial charge in [-0.1, -0.05) is 12.8 Å². The van der Waals surface area contributed by atoms with Crippen molar-refractivity contribution in [2.75, 3.05) is 6.54 Å². The fourth-order valence-electron chi connectivity index (χ4n) is 3.01. The summed E-state index contributed by atoms with van der Waals surface area (Å²) < 4.78 is 3.11. The van der Waals surface area contributed by atoms with Gasteiger partial charge in [0.15, 0.2) is 5.96 Å². The van der Waals surface area contributed by atoms with Gasteiger partial charge in [0.05, 0.1) is 5.69 Å². The number of halogens is 2. The number of nitrogens with one attached hydrogen (secondary N) is 1.